The molecule has 1 atom stereocenters. The van der Waals surface area contributed by atoms with Gasteiger partial charge in [0.05, 0.1) is 23.1 Å². The Labute approximate surface area is 120 Å². The van der Waals surface area contributed by atoms with Gasteiger partial charge < -0.3 is 18.6 Å². The first kappa shape index (κ1) is 14.1. The van der Waals surface area contributed by atoms with E-state index in [4.69, 9.17) is 14.0 Å². The summed E-state index contributed by atoms with van der Waals surface area (Å²) < 4.78 is 20.1. The Morgan fingerprint density at radius 2 is 1.90 bits per heavy atom. The number of aromatic nitrogens is 2. The fourth-order valence-corrected chi connectivity index (χ4v) is 2.64. The molecule has 0 unspecified atom stereocenters. The van der Waals surface area contributed by atoms with Crippen LogP contribution in [-0.2, 0) is 14.0 Å². The summed E-state index contributed by atoms with van der Waals surface area (Å²) in [6.45, 7) is 9.05. The maximum absolute atomic E-state index is 6.10. The highest BCUT2D eigenvalue weighted by atomic mass is 16.7. The predicted octanol–water partition coefficient (Wildman–Crippen LogP) is 1.88. The van der Waals surface area contributed by atoms with Crippen molar-refractivity contribution in [2.45, 2.75) is 64.4 Å². The molecule has 0 amide bonds. The molecule has 20 heavy (non-hydrogen) atoms. The molecule has 0 aromatic carbocycles. The Bertz CT molecular complexity index is 465. The minimum Gasteiger partial charge on any atom is -0.398 e. The number of hydrogen-bond donors (Lipinski definition) is 0. The normalized spacial score (nSPS) is 28.8. The number of ether oxygens (including phenoxy) is 1. The first-order valence-electron chi connectivity index (χ1n) is 7.40. The summed E-state index contributed by atoms with van der Waals surface area (Å²) in [4.78, 5) is 4.26. The van der Waals surface area contributed by atoms with E-state index in [9.17, 15) is 0 Å². The fraction of sp³-hybridized carbons (Fsp3) is 0.786. The lowest BCUT2D eigenvalue weighted by Crippen LogP contribution is -2.41. The van der Waals surface area contributed by atoms with E-state index >= 15 is 0 Å². The molecule has 110 valence electrons. The zero-order valence-corrected chi connectivity index (χ0v) is 12.8. The van der Waals surface area contributed by atoms with Crippen LogP contribution in [0.25, 0.3) is 0 Å². The van der Waals surface area contributed by atoms with Crippen molar-refractivity contribution >= 4 is 12.7 Å². The Hall–Kier alpha value is -0.845. The highest BCUT2D eigenvalue weighted by Gasteiger charge is 2.53. The molecule has 1 aromatic heterocycles. The third-order valence-corrected chi connectivity index (χ3v) is 4.66. The Morgan fingerprint density at radius 1 is 1.20 bits per heavy atom. The number of rotatable bonds is 2. The third-order valence-electron chi connectivity index (χ3n) is 4.66. The zero-order valence-electron chi connectivity index (χ0n) is 12.8. The molecule has 6 heteroatoms. The van der Waals surface area contributed by atoms with Crippen LogP contribution < -0.4 is 5.59 Å². The van der Waals surface area contributed by atoms with E-state index in [1.165, 1.54) is 6.42 Å². The van der Waals surface area contributed by atoms with E-state index in [1.54, 1.807) is 0 Å². The highest BCUT2D eigenvalue weighted by Crippen LogP contribution is 2.36. The van der Waals surface area contributed by atoms with Gasteiger partial charge in [-0.3, -0.25) is 0 Å². The van der Waals surface area contributed by atoms with Crippen molar-refractivity contribution in [3.63, 3.8) is 0 Å². The van der Waals surface area contributed by atoms with E-state index in [0.29, 0.717) is 0 Å². The van der Waals surface area contributed by atoms with Crippen LogP contribution in [0.1, 0.15) is 53.2 Å². The van der Waals surface area contributed by atoms with Gasteiger partial charge in [-0.2, -0.15) is 0 Å². The molecule has 0 bridgehead atoms. The standard InChI is InChI=1S/C14H23BN2O3/c1-13(2)14(3,4)20-15(19-13)11-9-16-10-17(11)12-7-5-6-8-18-12/h9-10,12H,5-8H2,1-4H3/t12-/m0/s1. The molecule has 2 aliphatic rings. The first-order chi connectivity index (χ1) is 9.41. The predicted molar refractivity (Wildman–Crippen MR) is 76.8 cm³/mol. The number of imidazole rings is 1. The van der Waals surface area contributed by atoms with E-state index in [1.807, 2.05) is 12.5 Å². The molecule has 3 heterocycles. The van der Waals surface area contributed by atoms with Crippen molar-refractivity contribution in [1.82, 2.24) is 9.55 Å². The summed E-state index contributed by atoms with van der Waals surface area (Å²) in [5.74, 6) is 0. The first-order valence-corrected chi connectivity index (χ1v) is 7.40. The van der Waals surface area contributed by atoms with Gasteiger partial charge in [0.2, 0.25) is 0 Å². The van der Waals surface area contributed by atoms with Gasteiger partial charge in [-0.1, -0.05) is 0 Å². The summed E-state index contributed by atoms with van der Waals surface area (Å²) in [5.41, 5.74) is 0.274. The van der Waals surface area contributed by atoms with E-state index in [2.05, 4.69) is 37.2 Å². The summed E-state index contributed by atoms with van der Waals surface area (Å²) in [6.07, 6.45) is 7.03. The second kappa shape index (κ2) is 4.86. The van der Waals surface area contributed by atoms with Crippen LogP contribution in [0.4, 0.5) is 0 Å². The lowest BCUT2D eigenvalue weighted by atomic mass is 9.85. The van der Waals surface area contributed by atoms with Crippen molar-refractivity contribution in [2.24, 2.45) is 0 Å². The van der Waals surface area contributed by atoms with Gasteiger partial charge in [0.25, 0.3) is 0 Å². The SMILES string of the molecule is CC1(C)OB(c2cncn2[C@@H]2CCCCO2)OC1(C)C. The van der Waals surface area contributed by atoms with Crippen molar-refractivity contribution in [3.05, 3.63) is 12.5 Å². The van der Waals surface area contributed by atoms with Gasteiger partial charge in [0.1, 0.15) is 6.23 Å². The molecular weight excluding hydrogens is 255 g/mol. The topological polar surface area (TPSA) is 45.5 Å². The van der Waals surface area contributed by atoms with E-state index in [0.717, 1.165) is 25.0 Å². The second-order valence-electron chi connectivity index (χ2n) is 6.64. The van der Waals surface area contributed by atoms with Crippen LogP contribution in [0.2, 0.25) is 0 Å². The largest absolute Gasteiger partial charge is 0.514 e. The van der Waals surface area contributed by atoms with Crippen LogP contribution in [0.3, 0.4) is 0 Å². The molecule has 2 aliphatic heterocycles. The zero-order chi connectivity index (χ0) is 14.4. The molecule has 5 nitrogen and oxygen atoms in total. The summed E-state index contributed by atoms with van der Waals surface area (Å²) in [7, 11) is -0.381. The van der Waals surface area contributed by atoms with Gasteiger partial charge in [0.15, 0.2) is 0 Å². The van der Waals surface area contributed by atoms with Gasteiger partial charge in [-0.25, -0.2) is 4.98 Å². The summed E-state index contributed by atoms with van der Waals surface area (Å²) in [5, 5.41) is 0. The van der Waals surface area contributed by atoms with E-state index in [-0.39, 0.29) is 24.5 Å². The molecule has 2 saturated heterocycles. The molecule has 3 rings (SSSR count). The van der Waals surface area contributed by atoms with Crippen LogP contribution >= 0.6 is 0 Å². The van der Waals surface area contributed by atoms with Crippen LogP contribution in [0.15, 0.2) is 12.5 Å². The molecular formula is C14H23BN2O3. The van der Waals surface area contributed by atoms with Crippen molar-refractivity contribution < 1.29 is 14.0 Å². The quantitative estimate of drug-likeness (QED) is 0.775. The monoisotopic (exact) mass is 278 g/mol. The van der Waals surface area contributed by atoms with Crippen LogP contribution in [0.5, 0.6) is 0 Å². The Balaban J connectivity index is 1.84. The van der Waals surface area contributed by atoms with Crippen molar-refractivity contribution in [3.8, 4) is 0 Å². The number of nitrogens with zero attached hydrogens (tertiary/aromatic N) is 2. The van der Waals surface area contributed by atoms with Gasteiger partial charge in [0, 0.05) is 12.8 Å². The van der Waals surface area contributed by atoms with E-state index < -0.39 is 0 Å². The molecule has 2 fully saturated rings. The van der Waals surface area contributed by atoms with Crippen molar-refractivity contribution in [2.75, 3.05) is 6.61 Å². The second-order valence-corrected chi connectivity index (χ2v) is 6.64. The average molecular weight is 278 g/mol. The fourth-order valence-electron chi connectivity index (χ4n) is 2.64. The minimum absolute atomic E-state index is 0.0558. The minimum atomic E-state index is -0.381. The summed E-state index contributed by atoms with van der Waals surface area (Å²) >= 11 is 0. The molecule has 0 spiro atoms. The smallest absolute Gasteiger partial charge is 0.398 e. The van der Waals surface area contributed by atoms with Gasteiger partial charge in [-0.05, 0) is 47.0 Å². The average Bonchev–Trinajstić information content (AvgIpc) is 2.94. The lowest BCUT2D eigenvalue weighted by Gasteiger charge is -2.32. The Morgan fingerprint density at radius 3 is 2.50 bits per heavy atom. The molecule has 0 N–H and O–H groups in total. The maximum atomic E-state index is 6.10. The Kier molecular flexibility index (Phi) is 3.43. The molecule has 1 aromatic rings. The van der Waals surface area contributed by atoms with Crippen LogP contribution in [-0.4, -0.2) is 34.5 Å². The maximum Gasteiger partial charge on any atom is 0.514 e. The van der Waals surface area contributed by atoms with Crippen LogP contribution in [0, 0.1) is 0 Å². The third kappa shape index (κ3) is 2.30. The van der Waals surface area contributed by atoms with Crippen molar-refractivity contribution in [1.29, 1.82) is 0 Å². The van der Waals surface area contributed by atoms with Gasteiger partial charge in [-0.15, -0.1) is 0 Å². The summed E-state index contributed by atoms with van der Waals surface area (Å²) in [6, 6.07) is 0. The molecule has 0 saturated carbocycles. The highest BCUT2D eigenvalue weighted by molar-refractivity contribution is 6.61. The molecule has 0 radical (unpaired) electrons. The van der Waals surface area contributed by atoms with Gasteiger partial charge >= 0.3 is 7.12 Å². The lowest BCUT2D eigenvalue weighted by molar-refractivity contribution is -0.0306. The number of hydrogen-bond acceptors (Lipinski definition) is 4. The molecule has 0 aliphatic carbocycles.